The molecule has 0 bridgehead atoms. The van der Waals surface area contributed by atoms with E-state index in [1.54, 1.807) is 38.4 Å². The van der Waals surface area contributed by atoms with E-state index in [0.29, 0.717) is 27.5 Å². The zero-order valence-electron chi connectivity index (χ0n) is 16.5. The number of anilines is 1. The number of hydrogen-bond acceptors (Lipinski definition) is 4. The van der Waals surface area contributed by atoms with E-state index in [1.807, 2.05) is 0 Å². The number of carbonyl (C=O) groups is 1. The van der Waals surface area contributed by atoms with Gasteiger partial charge in [-0.2, -0.15) is 18.3 Å². The molecule has 0 aliphatic rings. The number of halogens is 3. The molecule has 0 saturated heterocycles. The molecule has 2 heterocycles. The summed E-state index contributed by atoms with van der Waals surface area (Å²) < 4.78 is 46.5. The van der Waals surface area contributed by atoms with Crippen molar-refractivity contribution in [2.45, 2.75) is 13.1 Å². The van der Waals surface area contributed by atoms with Crippen LogP contribution in [0.2, 0.25) is 0 Å². The molecule has 10 heteroatoms. The number of aryl methyl sites for hydroxylation is 1. The van der Waals surface area contributed by atoms with E-state index in [4.69, 9.17) is 4.74 Å². The minimum Gasteiger partial charge on any atom is -0.450 e. The number of carbonyl (C=O) groups excluding carboxylic acids is 1. The first-order valence-electron chi connectivity index (χ1n) is 9.32. The summed E-state index contributed by atoms with van der Waals surface area (Å²) in [6, 6.07) is 9.17. The van der Waals surface area contributed by atoms with Crippen molar-refractivity contribution in [3.8, 4) is 5.69 Å². The molecule has 0 fully saturated rings. The van der Waals surface area contributed by atoms with Crippen LogP contribution < -0.4 is 10.9 Å². The topological polar surface area (TPSA) is 78.2 Å². The fourth-order valence-corrected chi connectivity index (χ4v) is 3.41. The molecule has 160 valence electrons. The molecule has 31 heavy (non-hydrogen) atoms. The molecule has 2 aromatic carbocycles. The summed E-state index contributed by atoms with van der Waals surface area (Å²) in [5, 5.41) is 7.79. The lowest BCUT2D eigenvalue weighted by atomic mass is 10.1. The number of benzene rings is 2. The average Bonchev–Trinajstić information content (AvgIpc) is 3.11. The average molecular weight is 430 g/mol. The Bertz CT molecular complexity index is 1360. The fraction of sp³-hybridized carbons (Fsp3) is 0.190. The quantitative estimate of drug-likeness (QED) is 0.521. The zero-order valence-corrected chi connectivity index (χ0v) is 16.5. The minimum absolute atomic E-state index is 0.206. The van der Waals surface area contributed by atoms with Gasteiger partial charge in [0.25, 0.3) is 5.56 Å². The summed E-state index contributed by atoms with van der Waals surface area (Å²) in [6.45, 7) is 1.89. The number of ether oxygens (including phenoxy) is 1. The maximum absolute atomic E-state index is 13.2. The van der Waals surface area contributed by atoms with Crippen molar-refractivity contribution in [2.75, 3.05) is 11.9 Å². The predicted octanol–water partition coefficient (Wildman–Crippen LogP) is 4.46. The van der Waals surface area contributed by atoms with Gasteiger partial charge in [0.2, 0.25) is 0 Å². The Kier molecular flexibility index (Phi) is 4.92. The third-order valence-electron chi connectivity index (χ3n) is 4.73. The van der Waals surface area contributed by atoms with Gasteiger partial charge in [0.1, 0.15) is 5.52 Å². The molecule has 1 N–H and O–H groups in total. The van der Waals surface area contributed by atoms with Crippen LogP contribution in [0.25, 0.3) is 27.5 Å². The number of nitrogens with one attached hydrogen (secondary N) is 1. The smallest absolute Gasteiger partial charge is 0.416 e. The molecule has 0 aliphatic carbocycles. The number of hydrogen-bond donors (Lipinski definition) is 1. The van der Waals surface area contributed by atoms with E-state index in [0.717, 1.165) is 12.1 Å². The standard InChI is InChI=1S/C21H17F3N4O3/c1-3-31-20(30)25-13-6-9-17-15(10-13)18-16(11-27(2)26-18)19(29)28(17)14-7-4-12(5-8-14)21(22,23)24/h4-11H,3H2,1-2H3,(H,25,30). The molecule has 0 unspecified atom stereocenters. The van der Waals surface area contributed by atoms with Gasteiger partial charge in [-0.1, -0.05) is 0 Å². The lowest BCUT2D eigenvalue weighted by molar-refractivity contribution is -0.137. The van der Waals surface area contributed by atoms with Gasteiger partial charge < -0.3 is 4.74 Å². The summed E-state index contributed by atoms with van der Waals surface area (Å²) in [5.74, 6) is 0. The maximum Gasteiger partial charge on any atom is 0.416 e. The highest BCUT2D eigenvalue weighted by Gasteiger charge is 2.30. The predicted molar refractivity (Wildman–Crippen MR) is 109 cm³/mol. The zero-order chi connectivity index (χ0) is 22.3. The van der Waals surface area contributed by atoms with Crippen molar-refractivity contribution < 1.29 is 22.7 Å². The van der Waals surface area contributed by atoms with E-state index in [-0.39, 0.29) is 12.3 Å². The Morgan fingerprint density at radius 2 is 1.84 bits per heavy atom. The van der Waals surface area contributed by atoms with E-state index in [9.17, 15) is 22.8 Å². The first-order chi connectivity index (χ1) is 14.7. The molecule has 2 aromatic heterocycles. The van der Waals surface area contributed by atoms with Crippen LogP contribution >= 0.6 is 0 Å². The molecule has 4 rings (SSSR count). The molecule has 4 aromatic rings. The van der Waals surface area contributed by atoms with Crippen LogP contribution in [-0.2, 0) is 18.0 Å². The first kappa shape index (κ1) is 20.5. The maximum atomic E-state index is 13.2. The lowest BCUT2D eigenvalue weighted by Gasteiger charge is -2.14. The van der Waals surface area contributed by atoms with Crippen LogP contribution in [-0.4, -0.2) is 27.0 Å². The van der Waals surface area contributed by atoms with Crippen molar-refractivity contribution in [3.63, 3.8) is 0 Å². The molecule has 0 saturated carbocycles. The molecule has 0 radical (unpaired) electrons. The van der Waals surface area contributed by atoms with Crippen LogP contribution in [0.1, 0.15) is 12.5 Å². The molecule has 0 atom stereocenters. The van der Waals surface area contributed by atoms with Crippen molar-refractivity contribution in [1.82, 2.24) is 14.3 Å². The second-order valence-electron chi connectivity index (χ2n) is 6.83. The summed E-state index contributed by atoms with van der Waals surface area (Å²) in [7, 11) is 1.66. The van der Waals surface area contributed by atoms with Gasteiger partial charge in [-0.15, -0.1) is 0 Å². The molecule has 0 aliphatic heterocycles. The van der Waals surface area contributed by atoms with Gasteiger partial charge in [-0.25, -0.2) is 4.79 Å². The third kappa shape index (κ3) is 3.72. The molecule has 0 spiro atoms. The number of aromatic nitrogens is 3. The van der Waals surface area contributed by atoms with Gasteiger partial charge >= 0.3 is 12.3 Å². The number of alkyl halides is 3. The van der Waals surface area contributed by atoms with E-state index >= 15 is 0 Å². The Morgan fingerprint density at radius 1 is 1.13 bits per heavy atom. The third-order valence-corrected chi connectivity index (χ3v) is 4.73. The first-order valence-corrected chi connectivity index (χ1v) is 9.32. The Labute approximate surface area is 173 Å². The number of nitrogens with zero attached hydrogens (tertiary/aromatic N) is 3. The molecule has 7 nitrogen and oxygen atoms in total. The number of rotatable bonds is 3. The molecular formula is C21H17F3N4O3. The Balaban J connectivity index is 1.95. The van der Waals surface area contributed by atoms with Crippen molar-refractivity contribution in [3.05, 3.63) is 64.6 Å². The number of amides is 1. The van der Waals surface area contributed by atoms with Gasteiger partial charge in [0.05, 0.1) is 23.1 Å². The Hall–Kier alpha value is -3.82. The molecular weight excluding hydrogens is 413 g/mol. The van der Waals surface area contributed by atoms with E-state index < -0.39 is 23.4 Å². The summed E-state index contributed by atoms with van der Waals surface area (Å²) in [4.78, 5) is 25.0. The highest BCUT2D eigenvalue weighted by atomic mass is 19.4. The molecule has 1 amide bonds. The second kappa shape index (κ2) is 7.46. The minimum atomic E-state index is -4.48. The second-order valence-corrected chi connectivity index (χ2v) is 6.83. The normalized spacial score (nSPS) is 11.8. The van der Waals surface area contributed by atoms with Gasteiger partial charge in [0, 0.05) is 30.0 Å². The van der Waals surface area contributed by atoms with Crippen molar-refractivity contribution in [1.29, 1.82) is 0 Å². The summed E-state index contributed by atoms with van der Waals surface area (Å²) >= 11 is 0. The fourth-order valence-electron chi connectivity index (χ4n) is 3.41. The highest BCUT2D eigenvalue weighted by Crippen LogP contribution is 2.31. The van der Waals surface area contributed by atoms with Crippen LogP contribution in [0.4, 0.5) is 23.7 Å². The van der Waals surface area contributed by atoms with Crippen molar-refractivity contribution in [2.24, 2.45) is 7.05 Å². The summed E-state index contributed by atoms with van der Waals surface area (Å²) in [6.07, 6.45) is -3.56. The van der Waals surface area contributed by atoms with Gasteiger partial charge in [0.15, 0.2) is 0 Å². The van der Waals surface area contributed by atoms with Crippen LogP contribution in [0.5, 0.6) is 0 Å². The SMILES string of the molecule is CCOC(=O)Nc1ccc2c(c1)c1nn(C)cc1c(=O)n2-c1ccc(C(F)(F)F)cc1. The number of pyridine rings is 1. The Morgan fingerprint density at radius 3 is 2.48 bits per heavy atom. The van der Waals surface area contributed by atoms with E-state index in [2.05, 4.69) is 10.4 Å². The largest absolute Gasteiger partial charge is 0.450 e. The number of fused-ring (bicyclic) bond motifs is 3. The monoisotopic (exact) mass is 430 g/mol. The summed E-state index contributed by atoms with van der Waals surface area (Å²) in [5.41, 5.74) is 0.331. The highest BCUT2D eigenvalue weighted by molar-refractivity contribution is 6.05. The van der Waals surface area contributed by atoms with Crippen LogP contribution in [0.15, 0.2) is 53.5 Å². The van der Waals surface area contributed by atoms with E-state index in [1.165, 1.54) is 21.4 Å². The van der Waals surface area contributed by atoms with Crippen LogP contribution in [0.3, 0.4) is 0 Å². The van der Waals surface area contributed by atoms with Crippen molar-refractivity contribution >= 4 is 33.6 Å². The van der Waals surface area contributed by atoms with Crippen LogP contribution in [0, 0.1) is 0 Å². The lowest BCUT2D eigenvalue weighted by Crippen LogP contribution is -2.19. The van der Waals surface area contributed by atoms with Gasteiger partial charge in [-0.05, 0) is 49.4 Å². The van der Waals surface area contributed by atoms with Gasteiger partial charge in [-0.3, -0.25) is 19.4 Å².